The van der Waals surface area contributed by atoms with Crippen LogP contribution < -0.4 is 10.9 Å². The Morgan fingerprint density at radius 2 is 1.50 bits per heavy atom. The lowest BCUT2D eigenvalue weighted by atomic mass is 10.3. The minimum Gasteiger partial charge on any atom is -0.429 e. The van der Waals surface area contributed by atoms with Gasteiger partial charge in [-0.3, -0.25) is 4.55 Å². The number of hydrogen-bond donors (Lipinski definition) is 2. The molecule has 0 heterocycles. The first-order chi connectivity index (χ1) is 9.31. The summed E-state index contributed by atoms with van der Waals surface area (Å²) in [6.45, 7) is 0. The maximum atomic E-state index is 13.0. The first-order valence-electron chi connectivity index (χ1n) is 4.84. The summed E-state index contributed by atoms with van der Waals surface area (Å²) < 4.78 is 110. The maximum Gasteiger partial charge on any atom is 0.525 e. The Kier molecular flexibility index (Phi) is 6.20. The maximum absolute atomic E-state index is 13.0. The summed E-state index contributed by atoms with van der Waals surface area (Å²) >= 11 is 0. The molecule has 0 aliphatic rings. The number of ether oxygens (including phenoxy) is 2. The second kappa shape index (κ2) is 6.68. The molecule has 0 spiro atoms. The Balaban J connectivity index is 0.00000441. The van der Waals surface area contributed by atoms with Crippen molar-refractivity contribution in [2.24, 2.45) is 0 Å². The quantitative estimate of drug-likeness (QED) is 0.620. The van der Waals surface area contributed by atoms with Crippen LogP contribution in [-0.2, 0) is 14.9 Å². The summed E-state index contributed by atoms with van der Waals surface area (Å²) in [6, 6.07) is 2.41. The van der Waals surface area contributed by atoms with Gasteiger partial charge in [0.1, 0.15) is 5.75 Å². The third-order valence-electron chi connectivity index (χ3n) is 1.88. The van der Waals surface area contributed by atoms with Crippen LogP contribution in [0.3, 0.4) is 0 Å². The fourth-order valence-electron chi connectivity index (χ4n) is 1.07. The molecule has 6 nitrogen and oxygen atoms in total. The molecule has 0 aliphatic heterocycles. The summed E-state index contributed by atoms with van der Waals surface area (Å²) in [5.74, 6) is -0.846. The van der Waals surface area contributed by atoms with Crippen LogP contribution in [0.5, 0.6) is 5.75 Å². The molecule has 128 valence electrons. The van der Waals surface area contributed by atoms with E-state index >= 15 is 0 Å². The Morgan fingerprint density at radius 1 is 1.05 bits per heavy atom. The van der Waals surface area contributed by atoms with E-state index in [1.807, 2.05) is 0 Å². The van der Waals surface area contributed by atoms with Gasteiger partial charge in [0.2, 0.25) is 0 Å². The lowest BCUT2D eigenvalue weighted by Gasteiger charge is -2.22. The fourth-order valence-corrected chi connectivity index (χ4v) is 1.55. The predicted molar refractivity (Wildman–Crippen MR) is 58.9 cm³/mol. The summed E-state index contributed by atoms with van der Waals surface area (Å²) in [6.07, 6.45) is -14.7. The normalized spacial score (nSPS) is 14.1. The van der Waals surface area contributed by atoms with E-state index in [1.165, 1.54) is 0 Å². The van der Waals surface area contributed by atoms with Gasteiger partial charge in [-0.2, -0.15) is 17.2 Å². The molecule has 1 atom stereocenters. The van der Waals surface area contributed by atoms with Gasteiger partial charge in [-0.15, -0.1) is 13.2 Å². The lowest BCUT2D eigenvalue weighted by molar-refractivity contribution is -0.411. The minimum atomic E-state index is -5.64. The Bertz CT molecular complexity index is 588. The van der Waals surface area contributed by atoms with E-state index in [9.17, 15) is 34.8 Å². The van der Waals surface area contributed by atoms with Gasteiger partial charge in [-0.25, -0.2) is 9.13 Å². The average Bonchev–Trinajstić information content (AvgIpc) is 2.25. The van der Waals surface area contributed by atoms with Gasteiger partial charge in [0, 0.05) is 0 Å². The highest BCUT2D eigenvalue weighted by molar-refractivity contribution is 7.85. The highest BCUT2D eigenvalue weighted by atomic mass is 32.2. The van der Waals surface area contributed by atoms with Crippen LogP contribution in [0.15, 0.2) is 29.2 Å². The molecule has 1 aromatic carbocycles. The van der Waals surface area contributed by atoms with Crippen molar-refractivity contribution in [2.75, 3.05) is 0 Å². The largest absolute Gasteiger partial charge is 0.525 e. The molecule has 13 heteroatoms. The highest BCUT2D eigenvalue weighted by Gasteiger charge is 2.50. The standard InChI is InChI=1S/C9H6F6O5S.H3N/c10-7(20-9(13,14)15)8(11,12)19-5-1-3-6(4-2-5)21(16,17)18;/h1-4,7H,(H,16,17,18);1H3. The minimum absolute atomic E-state index is 0. The smallest absolute Gasteiger partial charge is 0.429 e. The number of hydrogen-bond acceptors (Lipinski definition) is 5. The van der Waals surface area contributed by atoms with Gasteiger partial charge in [-0.05, 0) is 24.3 Å². The van der Waals surface area contributed by atoms with Crippen molar-refractivity contribution in [2.45, 2.75) is 23.7 Å². The molecule has 0 saturated carbocycles. The van der Waals surface area contributed by atoms with Crippen LogP contribution in [0.4, 0.5) is 26.3 Å². The Hall–Kier alpha value is -1.57. The van der Waals surface area contributed by atoms with Crippen LogP contribution in [0.2, 0.25) is 0 Å². The van der Waals surface area contributed by atoms with Gasteiger partial charge < -0.3 is 10.9 Å². The summed E-state index contributed by atoms with van der Waals surface area (Å²) in [7, 11) is -4.59. The molecule has 0 saturated heterocycles. The highest BCUT2D eigenvalue weighted by Crippen LogP contribution is 2.31. The summed E-state index contributed by atoms with van der Waals surface area (Å²) in [4.78, 5) is -0.679. The molecule has 0 aliphatic carbocycles. The first kappa shape index (κ1) is 20.4. The van der Waals surface area contributed by atoms with Crippen molar-refractivity contribution in [3.63, 3.8) is 0 Å². The van der Waals surface area contributed by atoms with Crippen molar-refractivity contribution in [1.29, 1.82) is 0 Å². The zero-order valence-electron chi connectivity index (χ0n) is 10.4. The average molecular weight is 357 g/mol. The van der Waals surface area contributed by atoms with Crippen LogP contribution in [0.1, 0.15) is 0 Å². The zero-order chi connectivity index (χ0) is 16.5. The van der Waals surface area contributed by atoms with Crippen molar-refractivity contribution < 1.29 is 48.8 Å². The zero-order valence-corrected chi connectivity index (χ0v) is 11.2. The van der Waals surface area contributed by atoms with E-state index < -0.39 is 39.6 Å². The van der Waals surface area contributed by atoms with Gasteiger partial charge >= 0.3 is 18.8 Å². The van der Waals surface area contributed by atoms with Crippen LogP contribution >= 0.6 is 0 Å². The third-order valence-corrected chi connectivity index (χ3v) is 2.74. The molecule has 0 bridgehead atoms. The molecule has 22 heavy (non-hydrogen) atoms. The second-order valence-corrected chi connectivity index (χ2v) is 4.91. The van der Waals surface area contributed by atoms with E-state index in [4.69, 9.17) is 4.55 Å². The molecule has 1 aromatic rings. The van der Waals surface area contributed by atoms with Crippen LogP contribution in [0, 0.1) is 0 Å². The predicted octanol–water partition coefficient (Wildman–Crippen LogP) is 2.90. The van der Waals surface area contributed by atoms with Gasteiger partial charge in [0.15, 0.2) is 0 Å². The van der Waals surface area contributed by atoms with Crippen molar-refractivity contribution >= 4 is 10.1 Å². The monoisotopic (exact) mass is 357 g/mol. The van der Waals surface area contributed by atoms with E-state index in [0.29, 0.717) is 24.3 Å². The SMILES string of the molecule is N.O=S(=O)(O)c1ccc(OC(F)(F)C(F)OC(F)(F)F)cc1. The van der Waals surface area contributed by atoms with Gasteiger partial charge in [0.05, 0.1) is 4.90 Å². The van der Waals surface area contributed by atoms with Crippen LogP contribution in [0.25, 0.3) is 0 Å². The molecule has 0 aromatic heterocycles. The summed E-state index contributed by atoms with van der Waals surface area (Å²) in [5, 5.41) is 0. The number of alkyl halides is 6. The molecule has 0 amide bonds. The number of benzene rings is 1. The van der Waals surface area contributed by atoms with Gasteiger partial charge in [0.25, 0.3) is 10.1 Å². The lowest BCUT2D eigenvalue weighted by Crippen LogP contribution is -2.41. The molecular formula is C9H9F6NO5S. The molecular weight excluding hydrogens is 348 g/mol. The first-order valence-corrected chi connectivity index (χ1v) is 6.28. The van der Waals surface area contributed by atoms with Crippen molar-refractivity contribution in [1.82, 2.24) is 6.15 Å². The molecule has 0 fully saturated rings. The van der Waals surface area contributed by atoms with E-state index in [-0.39, 0.29) is 6.15 Å². The van der Waals surface area contributed by atoms with Crippen molar-refractivity contribution in [3.05, 3.63) is 24.3 Å². The molecule has 4 N–H and O–H groups in total. The van der Waals surface area contributed by atoms with E-state index in [1.54, 1.807) is 0 Å². The topological polar surface area (TPSA) is 108 Å². The second-order valence-electron chi connectivity index (χ2n) is 3.49. The fraction of sp³-hybridized carbons (Fsp3) is 0.333. The number of halogens is 6. The van der Waals surface area contributed by atoms with E-state index in [0.717, 1.165) is 0 Å². The van der Waals surface area contributed by atoms with Gasteiger partial charge in [-0.1, -0.05) is 0 Å². The Morgan fingerprint density at radius 3 is 1.86 bits per heavy atom. The number of rotatable bonds is 5. The Labute approximate surface area is 120 Å². The molecule has 0 radical (unpaired) electrons. The van der Waals surface area contributed by atoms with E-state index in [2.05, 4.69) is 9.47 Å². The summed E-state index contributed by atoms with van der Waals surface area (Å²) in [5.41, 5.74) is 0. The van der Waals surface area contributed by atoms with Crippen LogP contribution in [-0.4, -0.2) is 31.8 Å². The third kappa shape index (κ3) is 6.05. The molecule has 1 rings (SSSR count). The van der Waals surface area contributed by atoms with Crippen molar-refractivity contribution in [3.8, 4) is 5.75 Å². The molecule has 1 unspecified atom stereocenters.